The number of nitrogens with two attached hydrogens (primary N) is 1. The van der Waals surface area contributed by atoms with Crippen molar-refractivity contribution in [3.63, 3.8) is 0 Å². The van der Waals surface area contributed by atoms with Crippen molar-refractivity contribution >= 4 is 32.2 Å². The summed E-state index contributed by atoms with van der Waals surface area (Å²) in [6.45, 7) is 0. The van der Waals surface area contributed by atoms with Crippen LogP contribution in [0.2, 0.25) is 0 Å². The van der Waals surface area contributed by atoms with E-state index < -0.39 is 20.5 Å². The Bertz CT molecular complexity index is 742. The van der Waals surface area contributed by atoms with Gasteiger partial charge in [-0.1, -0.05) is 12.1 Å². The highest BCUT2D eigenvalue weighted by Crippen LogP contribution is 2.20. The molecule has 0 aliphatic rings. The average Bonchev–Trinajstić information content (AvgIpc) is 2.88. The molecule has 0 aliphatic heterocycles. The summed E-state index contributed by atoms with van der Waals surface area (Å²) in [7, 11) is -3.78. The summed E-state index contributed by atoms with van der Waals surface area (Å²) in [5, 5.41) is 10.5. The molecule has 0 spiro atoms. The molecule has 0 saturated heterocycles. The second kappa shape index (κ2) is 5.48. The first-order chi connectivity index (χ1) is 9.42. The molecule has 0 fully saturated rings. The summed E-state index contributed by atoms with van der Waals surface area (Å²) in [6, 6.07) is 5.39. The average molecular weight is 315 g/mol. The Morgan fingerprint density at radius 1 is 1.45 bits per heavy atom. The third-order valence-electron chi connectivity index (χ3n) is 2.29. The Hall–Kier alpha value is -2.11. The van der Waals surface area contributed by atoms with E-state index in [1.807, 2.05) is 0 Å². The maximum atomic E-state index is 12.1. The molecule has 2 aromatic rings. The van der Waals surface area contributed by atoms with Crippen molar-refractivity contribution < 1.29 is 13.3 Å². The van der Waals surface area contributed by atoms with Crippen LogP contribution in [0, 0.1) is 10.1 Å². The van der Waals surface area contributed by atoms with Crippen molar-refractivity contribution in [1.82, 2.24) is 9.36 Å². The second-order valence-corrected chi connectivity index (χ2v) is 6.35. The zero-order chi connectivity index (χ0) is 14.8. The van der Waals surface area contributed by atoms with E-state index in [9.17, 15) is 18.5 Å². The van der Waals surface area contributed by atoms with Crippen LogP contribution < -0.4 is 11.3 Å². The molecule has 1 heterocycles. The molecule has 106 valence electrons. The number of hydrogen-bond donors (Lipinski definition) is 2. The summed E-state index contributed by atoms with van der Waals surface area (Å²) in [6.07, 6.45) is 0. The number of hydrazine groups is 1. The van der Waals surface area contributed by atoms with E-state index in [2.05, 4.69) is 14.8 Å². The molecule has 0 saturated carbocycles. The van der Waals surface area contributed by atoms with Gasteiger partial charge in [0.05, 0.1) is 10.7 Å². The third kappa shape index (κ3) is 3.07. The SMILES string of the molecule is NNc1nc(S(=O)(=O)Cc2cccc([N+](=O)[O-])c2)ns1. The number of rotatable bonds is 5. The topological polar surface area (TPSA) is 141 Å². The molecule has 0 amide bonds. The standard InChI is InChI=1S/C9H9N5O4S2/c10-12-8-11-9(13-19-8)20(17,18)5-6-2-1-3-7(4-6)14(15)16/h1-4H,5,10H2,(H,11,12,13). The Kier molecular flexibility index (Phi) is 3.92. The maximum absolute atomic E-state index is 12.1. The van der Waals surface area contributed by atoms with Crippen LogP contribution in [0.3, 0.4) is 0 Å². The van der Waals surface area contributed by atoms with E-state index in [4.69, 9.17) is 5.84 Å². The van der Waals surface area contributed by atoms with Crippen LogP contribution in [0.4, 0.5) is 10.8 Å². The van der Waals surface area contributed by atoms with Gasteiger partial charge in [0, 0.05) is 23.7 Å². The summed E-state index contributed by atoms with van der Waals surface area (Å²) < 4.78 is 27.8. The van der Waals surface area contributed by atoms with Crippen molar-refractivity contribution in [1.29, 1.82) is 0 Å². The highest BCUT2D eigenvalue weighted by atomic mass is 32.2. The lowest BCUT2D eigenvalue weighted by molar-refractivity contribution is -0.384. The van der Waals surface area contributed by atoms with Gasteiger partial charge >= 0.3 is 0 Å². The Balaban J connectivity index is 2.28. The Morgan fingerprint density at radius 3 is 2.80 bits per heavy atom. The highest BCUT2D eigenvalue weighted by molar-refractivity contribution is 7.90. The van der Waals surface area contributed by atoms with Gasteiger partial charge < -0.3 is 0 Å². The molecule has 11 heteroatoms. The quantitative estimate of drug-likeness (QED) is 0.466. The van der Waals surface area contributed by atoms with Gasteiger partial charge in [-0.3, -0.25) is 15.5 Å². The predicted octanol–water partition coefficient (Wildman–Crippen LogP) is 0.706. The fraction of sp³-hybridized carbons (Fsp3) is 0.111. The van der Waals surface area contributed by atoms with Crippen LogP contribution in [0.5, 0.6) is 0 Å². The first-order valence-corrected chi connectivity index (χ1v) is 7.61. The van der Waals surface area contributed by atoms with E-state index in [1.165, 1.54) is 24.3 Å². The summed E-state index contributed by atoms with van der Waals surface area (Å²) >= 11 is 0.810. The van der Waals surface area contributed by atoms with Gasteiger partial charge in [0.2, 0.25) is 15.0 Å². The van der Waals surface area contributed by atoms with Crippen LogP contribution in [-0.2, 0) is 15.6 Å². The zero-order valence-corrected chi connectivity index (χ0v) is 11.5. The molecule has 0 radical (unpaired) electrons. The zero-order valence-electron chi connectivity index (χ0n) is 9.88. The van der Waals surface area contributed by atoms with Gasteiger partial charge in [-0.15, -0.1) is 0 Å². The number of hydrogen-bond acceptors (Lipinski definition) is 9. The summed E-state index contributed by atoms with van der Waals surface area (Å²) in [5.74, 6) is 4.68. The molecule has 20 heavy (non-hydrogen) atoms. The number of nitrogens with one attached hydrogen (secondary N) is 1. The normalized spacial score (nSPS) is 11.2. The summed E-state index contributed by atoms with van der Waals surface area (Å²) in [4.78, 5) is 13.8. The van der Waals surface area contributed by atoms with Gasteiger partial charge in [-0.25, -0.2) is 14.3 Å². The number of benzene rings is 1. The van der Waals surface area contributed by atoms with Crippen LogP contribution in [0.25, 0.3) is 0 Å². The second-order valence-electron chi connectivity index (χ2n) is 3.71. The molecule has 1 aromatic carbocycles. The molecule has 1 aromatic heterocycles. The van der Waals surface area contributed by atoms with Crippen molar-refractivity contribution in [2.75, 3.05) is 5.43 Å². The first-order valence-electron chi connectivity index (χ1n) is 5.19. The molecule has 0 atom stereocenters. The van der Waals surface area contributed by atoms with Gasteiger partial charge in [0.1, 0.15) is 0 Å². The van der Waals surface area contributed by atoms with Crippen LogP contribution >= 0.6 is 11.5 Å². The maximum Gasteiger partial charge on any atom is 0.269 e. The van der Waals surface area contributed by atoms with E-state index in [1.54, 1.807) is 0 Å². The summed E-state index contributed by atoms with van der Waals surface area (Å²) in [5.41, 5.74) is 2.31. The lowest BCUT2D eigenvalue weighted by Crippen LogP contribution is -2.09. The first kappa shape index (κ1) is 14.3. The van der Waals surface area contributed by atoms with E-state index in [0.717, 1.165) is 11.5 Å². The lowest BCUT2D eigenvalue weighted by Gasteiger charge is -2.00. The minimum absolute atomic E-state index is 0.169. The molecule has 2 rings (SSSR count). The van der Waals surface area contributed by atoms with Crippen molar-refractivity contribution in [2.24, 2.45) is 5.84 Å². The third-order valence-corrected chi connectivity index (χ3v) is 4.50. The number of nitrogens with zero attached hydrogens (tertiary/aromatic N) is 3. The monoisotopic (exact) mass is 315 g/mol. The Morgan fingerprint density at radius 2 is 2.20 bits per heavy atom. The number of nitrogen functional groups attached to an aromatic ring is 1. The van der Waals surface area contributed by atoms with E-state index in [0.29, 0.717) is 0 Å². The predicted molar refractivity (Wildman–Crippen MR) is 71.7 cm³/mol. The van der Waals surface area contributed by atoms with Crippen LogP contribution in [0.15, 0.2) is 29.4 Å². The number of nitro benzene ring substituents is 1. The number of non-ortho nitro benzene ring substituents is 1. The molecular formula is C9H9N5O4S2. The molecular weight excluding hydrogens is 306 g/mol. The van der Waals surface area contributed by atoms with Gasteiger partial charge in [-0.05, 0) is 5.56 Å². The fourth-order valence-corrected chi connectivity index (χ4v) is 3.43. The molecule has 0 unspecified atom stereocenters. The fourth-order valence-electron chi connectivity index (χ4n) is 1.44. The van der Waals surface area contributed by atoms with Crippen molar-refractivity contribution in [3.8, 4) is 0 Å². The number of sulfone groups is 1. The van der Waals surface area contributed by atoms with Crippen molar-refractivity contribution in [2.45, 2.75) is 10.9 Å². The van der Waals surface area contributed by atoms with Gasteiger partial charge in [0.25, 0.3) is 10.8 Å². The largest absolute Gasteiger partial charge is 0.298 e. The molecule has 0 aliphatic carbocycles. The van der Waals surface area contributed by atoms with Gasteiger partial charge in [0.15, 0.2) is 0 Å². The smallest absolute Gasteiger partial charge is 0.269 e. The Labute approximate surface area is 117 Å². The van der Waals surface area contributed by atoms with Crippen LogP contribution in [0.1, 0.15) is 5.56 Å². The minimum atomic E-state index is -3.78. The van der Waals surface area contributed by atoms with E-state index >= 15 is 0 Å². The minimum Gasteiger partial charge on any atom is -0.298 e. The molecule has 3 N–H and O–H groups in total. The number of anilines is 1. The number of aromatic nitrogens is 2. The molecule has 9 nitrogen and oxygen atoms in total. The molecule has 0 bridgehead atoms. The number of nitro groups is 1. The van der Waals surface area contributed by atoms with Crippen LogP contribution in [-0.4, -0.2) is 22.7 Å². The van der Waals surface area contributed by atoms with E-state index in [-0.39, 0.29) is 21.5 Å². The van der Waals surface area contributed by atoms with Crippen molar-refractivity contribution in [3.05, 3.63) is 39.9 Å². The highest BCUT2D eigenvalue weighted by Gasteiger charge is 2.22. The van der Waals surface area contributed by atoms with Gasteiger partial charge in [-0.2, -0.15) is 9.36 Å². The lowest BCUT2D eigenvalue weighted by atomic mass is 10.2.